The summed E-state index contributed by atoms with van der Waals surface area (Å²) >= 11 is 0. The first-order chi connectivity index (χ1) is 3.93. The van der Waals surface area contributed by atoms with Crippen LogP contribution in [0.4, 0.5) is 0 Å². The van der Waals surface area contributed by atoms with Crippen molar-refractivity contribution in [1.29, 1.82) is 0 Å². The maximum absolute atomic E-state index is 5.22. The van der Waals surface area contributed by atoms with Gasteiger partial charge in [0.25, 0.3) is 0 Å². The van der Waals surface area contributed by atoms with Crippen LogP contribution in [0.5, 0.6) is 0 Å². The van der Waals surface area contributed by atoms with Crippen molar-refractivity contribution in [3.8, 4) is 0 Å². The molecule has 0 atom stereocenters. The Kier molecular flexibility index (Phi) is 9.12. The molecule has 10 heavy (non-hydrogen) atoms. The number of rotatable bonds is 1. The van der Waals surface area contributed by atoms with Gasteiger partial charge in [0.2, 0.25) is 0 Å². The van der Waals surface area contributed by atoms with E-state index >= 15 is 0 Å². The summed E-state index contributed by atoms with van der Waals surface area (Å²) in [4.78, 5) is 0. The fourth-order valence-corrected chi connectivity index (χ4v) is 0.564. The summed E-state index contributed by atoms with van der Waals surface area (Å²) < 4.78 is 0. The predicted octanol–water partition coefficient (Wildman–Crippen LogP) is -0.866. The number of hydrogen-bond acceptors (Lipinski definition) is 0. The largest absolute Gasteiger partial charge is 1.00 e. The second kappa shape index (κ2) is 7.17. The molecule has 0 unspecified atom stereocenters. The molecular formula is C8H7BrZn-. The van der Waals surface area contributed by atoms with E-state index in [1.54, 1.807) is 6.08 Å². The molecule has 0 nitrogen and oxygen atoms in total. The molecular weight excluding hydrogens is 241 g/mol. The van der Waals surface area contributed by atoms with Gasteiger partial charge in [-0.25, -0.2) is 0 Å². The van der Waals surface area contributed by atoms with Gasteiger partial charge < -0.3 is 17.0 Å². The summed E-state index contributed by atoms with van der Waals surface area (Å²) in [5.74, 6) is 0. The molecule has 1 radical (unpaired) electrons. The minimum Gasteiger partial charge on any atom is -1.00 e. The number of hydrogen-bond donors (Lipinski definition) is 0. The first-order valence-corrected chi connectivity index (χ1v) is 2.53. The Balaban J connectivity index is 0. The van der Waals surface area contributed by atoms with Crippen molar-refractivity contribution in [3.05, 3.63) is 42.5 Å². The molecule has 0 aliphatic heterocycles. The normalized spacial score (nSPS) is 6.80. The Morgan fingerprint density at radius 2 is 1.60 bits per heavy atom. The monoisotopic (exact) mass is 246 g/mol. The average molecular weight is 248 g/mol. The summed E-state index contributed by atoms with van der Waals surface area (Å²) in [7, 11) is 0. The van der Waals surface area contributed by atoms with Gasteiger partial charge in [-0.15, -0.1) is 0 Å². The third-order valence-corrected chi connectivity index (χ3v) is 0.992. The quantitative estimate of drug-likeness (QED) is 0.567. The van der Waals surface area contributed by atoms with Crippen LogP contribution in [-0.2, 0) is 19.5 Å². The Morgan fingerprint density at radius 3 is 1.90 bits per heavy atom. The predicted molar refractivity (Wildman–Crippen MR) is 35.2 cm³/mol. The van der Waals surface area contributed by atoms with Gasteiger partial charge in [0.1, 0.15) is 0 Å². The fraction of sp³-hybridized carbons (Fsp3) is 0. The van der Waals surface area contributed by atoms with Crippen LogP contribution in [0.1, 0.15) is 5.56 Å². The van der Waals surface area contributed by atoms with Crippen molar-refractivity contribution < 1.29 is 36.5 Å². The van der Waals surface area contributed by atoms with E-state index in [-0.39, 0.29) is 36.5 Å². The van der Waals surface area contributed by atoms with Crippen LogP contribution in [0, 0.1) is 6.58 Å². The molecule has 0 N–H and O–H groups in total. The van der Waals surface area contributed by atoms with E-state index in [0.717, 1.165) is 5.56 Å². The van der Waals surface area contributed by atoms with Crippen molar-refractivity contribution in [2.45, 2.75) is 0 Å². The zero-order valence-corrected chi connectivity index (χ0v) is 10.2. The summed E-state index contributed by atoms with van der Waals surface area (Å²) in [6, 6.07) is 9.80. The Bertz CT molecular complexity index is 172. The van der Waals surface area contributed by atoms with E-state index in [2.05, 4.69) is 0 Å². The molecule has 0 heterocycles. The van der Waals surface area contributed by atoms with Gasteiger partial charge in [0.15, 0.2) is 0 Å². The summed E-state index contributed by atoms with van der Waals surface area (Å²) in [5, 5.41) is 0. The first kappa shape index (κ1) is 12.7. The Morgan fingerprint density at radius 1 is 1.10 bits per heavy atom. The van der Waals surface area contributed by atoms with E-state index in [1.165, 1.54) is 0 Å². The van der Waals surface area contributed by atoms with Gasteiger partial charge in [-0.1, -0.05) is 43.0 Å². The second-order valence-corrected chi connectivity index (χ2v) is 1.58. The van der Waals surface area contributed by atoms with Crippen molar-refractivity contribution in [2.24, 2.45) is 0 Å². The zero-order valence-electron chi connectivity index (χ0n) is 5.63. The molecule has 0 bridgehead atoms. The number of halogens is 1. The maximum atomic E-state index is 5.22. The molecule has 0 saturated heterocycles. The molecule has 0 aliphatic carbocycles. The van der Waals surface area contributed by atoms with Gasteiger partial charge in [-0.05, 0) is 5.56 Å². The Labute approximate surface area is 84.9 Å². The molecule has 49 valence electrons. The fourth-order valence-electron chi connectivity index (χ4n) is 0.564. The molecule has 1 aromatic carbocycles. The summed E-state index contributed by atoms with van der Waals surface area (Å²) in [6.07, 6.45) is 1.58. The minimum atomic E-state index is 0. The van der Waals surface area contributed by atoms with Crippen molar-refractivity contribution >= 4 is 6.08 Å². The van der Waals surface area contributed by atoms with Gasteiger partial charge in [-0.2, -0.15) is 0 Å². The van der Waals surface area contributed by atoms with Crippen LogP contribution >= 0.6 is 0 Å². The summed E-state index contributed by atoms with van der Waals surface area (Å²) in [6.45, 7) is 5.22. The van der Waals surface area contributed by atoms with Crippen LogP contribution in [0.25, 0.3) is 6.08 Å². The zero-order chi connectivity index (χ0) is 5.82. The molecule has 1 rings (SSSR count). The van der Waals surface area contributed by atoms with Gasteiger partial charge in [0.05, 0.1) is 0 Å². The van der Waals surface area contributed by atoms with Crippen molar-refractivity contribution in [1.82, 2.24) is 0 Å². The van der Waals surface area contributed by atoms with E-state index in [0.29, 0.717) is 0 Å². The molecule has 0 fully saturated rings. The molecule has 1 aromatic rings. The van der Waals surface area contributed by atoms with Crippen LogP contribution in [0.15, 0.2) is 30.3 Å². The number of benzene rings is 1. The van der Waals surface area contributed by atoms with Crippen LogP contribution in [-0.4, -0.2) is 0 Å². The van der Waals surface area contributed by atoms with Crippen LogP contribution in [0.3, 0.4) is 0 Å². The molecule has 2 heteroatoms. The van der Waals surface area contributed by atoms with E-state index in [4.69, 9.17) is 6.58 Å². The average Bonchev–Trinajstić information content (AvgIpc) is 1.90. The van der Waals surface area contributed by atoms with Crippen LogP contribution in [0.2, 0.25) is 0 Å². The molecule has 0 spiro atoms. The third-order valence-electron chi connectivity index (χ3n) is 0.992. The third kappa shape index (κ3) is 3.97. The van der Waals surface area contributed by atoms with Crippen molar-refractivity contribution in [2.75, 3.05) is 0 Å². The second-order valence-electron chi connectivity index (χ2n) is 1.58. The molecule has 0 saturated carbocycles. The van der Waals surface area contributed by atoms with E-state index in [9.17, 15) is 0 Å². The van der Waals surface area contributed by atoms with Crippen molar-refractivity contribution in [3.63, 3.8) is 0 Å². The topological polar surface area (TPSA) is 0 Å². The first-order valence-electron chi connectivity index (χ1n) is 2.53. The van der Waals surface area contributed by atoms with E-state index in [1.807, 2.05) is 30.3 Å². The summed E-state index contributed by atoms with van der Waals surface area (Å²) in [5.41, 5.74) is 1.06. The maximum Gasteiger partial charge on any atom is 0 e. The van der Waals surface area contributed by atoms with Crippen LogP contribution < -0.4 is 17.0 Å². The van der Waals surface area contributed by atoms with Gasteiger partial charge in [-0.3, -0.25) is 0 Å². The molecule has 0 aromatic heterocycles. The minimum absolute atomic E-state index is 0. The standard InChI is InChI=1S/C8H7.BrH.Zn/c1-2-8-6-4-3-5-7-8;;/h1-7H;1H;/p-1. The smallest absolute Gasteiger partial charge is 0 e. The van der Waals surface area contributed by atoms with E-state index < -0.39 is 0 Å². The van der Waals surface area contributed by atoms with Gasteiger partial charge in [0, 0.05) is 19.5 Å². The molecule has 0 aliphatic rings. The Hall–Kier alpha value is 0.0634. The SMILES string of the molecule is [Br-].[CH]=Cc1ccccc1.[Zn]. The molecule has 0 amide bonds. The van der Waals surface area contributed by atoms with Gasteiger partial charge >= 0.3 is 0 Å².